The van der Waals surface area contributed by atoms with Gasteiger partial charge in [-0.3, -0.25) is 15.1 Å². The summed E-state index contributed by atoms with van der Waals surface area (Å²) in [5.41, 5.74) is 2.47. The maximum absolute atomic E-state index is 11.5. The SMILES string of the molecule is CS(=O)(=O)N1CCC(Cc2cnc(-c3ccn[nH]3)cn2)C1. The van der Waals surface area contributed by atoms with Crippen molar-refractivity contribution in [2.75, 3.05) is 19.3 Å². The fourth-order valence-corrected chi connectivity index (χ4v) is 3.48. The van der Waals surface area contributed by atoms with Gasteiger partial charge in [0.2, 0.25) is 10.0 Å². The summed E-state index contributed by atoms with van der Waals surface area (Å²) in [6.45, 7) is 1.17. The van der Waals surface area contributed by atoms with Crippen molar-refractivity contribution in [2.45, 2.75) is 12.8 Å². The van der Waals surface area contributed by atoms with E-state index in [0.29, 0.717) is 19.0 Å². The summed E-state index contributed by atoms with van der Waals surface area (Å²) < 4.78 is 24.5. The van der Waals surface area contributed by atoms with Crippen LogP contribution in [-0.2, 0) is 16.4 Å². The zero-order valence-corrected chi connectivity index (χ0v) is 12.5. The average Bonchev–Trinajstić information content (AvgIpc) is 3.09. The number of H-pyrrole nitrogens is 1. The van der Waals surface area contributed by atoms with Crippen molar-refractivity contribution >= 4 is 10.0 Å². The summed E-state index contributed by atoms with van der Waals surface area (Å²) in [6.07, 6.45) is 8.02. The van der Waals surface area contributed by atoms with Crippen LogP contribution < -0.4 is 0 Å². The van der Waals surface area contributed by atoms with Crippen molar-refractivity contribution in [1.29, 1.82) is 0 Å². The molecule has 3 heterocycles. The topological polar surface area (TPSA) is 91.8 Å². The number of rotatable bonds is 4. The lowest BCUT2D eigenvalue weighted by molar-refractivity contribution is 0.459. The van der Waals surface area contributed by atoms with Crippen molar-refractivity contribution < 1.29 is 8.42 Å². The van der Waals surface area contributed by atoms with Gasteiger partial charge in [-0.25, -0.2) is 12.7 Å². The van der Waals surface area contributed by atoms with Crippen molar-refractivity contribution in [3.05, 3.63) is 30.4 Å². The van der Waals surface area contributed by atoms with E-state index in [9.17, 15) is 8.42 Å². The van der Waals surface area contributed by atoms with Crippen LogP contribution in [0, 0.1) is 5.92 Å². The van der Waals surface area contributed by atoms with Crippen LogP contribution in [0.5, 0.6) is 0 Å². The standard InChI is InChI=1S/C13H17N5O2S/c1-21(19,20)18-5-3-10(9-18)6-11-7-15-13(8-14-11)12-2-4-16-17-12/h2,4,7-8,10H,3,5-6,9H2,1H3,(H,16,17). The Morgan fingerprint density at radius 3 is 2.81 bits per heavy atom. The van der Waals surface area contributed by atoms with E-state index in [-0.39, 0.29) is 0 Å². The molecule has 112 valence electrons. The third-order valence-corrected chi connectivity index (χ3v) is 4.97. The first-order valence-corrected chi connectivity index (χ1v) is 8.63. The normalized spacial score (nSPS) is 20.0. The molecule has 1 N–H and O–H groups in total. The highest BCUT2D eigenvalue weighted by molar-refractivity contribution is 7.88. The summed E-state index contributed by atoms with van der Waals surface area (Å²) in [5.74, 6) is 0.312. The molecule has 1 saturated heterocycles. The van der Waals surface area contributed by atoms with Gasteiger partial charge in [0, 0.05) is 25.5 Å². The van der Waals surface area contributed by atoms with Crippen molar-refractivity contribution in [2.24, 2.45) is 5.92 Å². The monoisotopic (exact) mass is 307 g/mol. The van der Waals surface area contributed by atoms with E-state index in [1.165, 1.54) is 10.6 Å². The van der Waals surface area contributed by atoms with Gasteiger partial charge >= 0.3 is 0 Å². The lowest BCUT2D eigenvalue weighted by atomic mass is 10.0. The van der Waals surface area contributed by atoms with E-state index in [1.54, 1.807) is 18.6 Å². The molecular formula is C13H17N5O2S. The lowest BCUT2D eigenvalue weighted by Crippen LogP contribution is -2.27. The molecule has 1 fully saturated rings. The largest absolute Gasteiger partial charge is 0.276 e. The number of hydrogen-bond acceptors (Lipinski definition) is 5. The van der Waals surface area contributed by atoms with Crippen LogP contribution in [0.2, 0.25) is 0 Å². The number of nitrogens with zero attached hydrogens (tertiary/aromatic N) is 4. The van der Waals surface area contributed by atoms with E-state index in [2.05, 4.69) is 20.2 Å². The molecule has 0 amide bonds. The number of sulfonamides is 1. The molecule has 21 heavy (non-hydrogen) atoms. The number of aromatic amines is 1. The van der Waals surface area contributed by atoms with Crippen LogP contribution in [0.3, 0.4) is 0 Å². The van der Waals surface area contributed by atoms with Crippen molar-refractivity contribution in [3.63, 3.8) is 0 Å². The van der Waals surface area contributed by atoms with E-state index in [1.807, 2.05) is 6.07 Å². The van der Waals surface area contributed by atoms with Gasteiger partial charge < -0.3 is 0 Å². The van der Waals surface area contributed by atoms with E-state index >= 15 is 0 Å². The third-order valence-electron chi connectivity index (χ3n) is 3.70. The zero-order valence-electron chi connectivity index (χ0n) is 11.7. The Hall–Kier alpha value is -1.80. The fourth-order valence-electron chi connectivity index (χ4n) is 2.56. The molecule has 3 rings (SSSR count). The molecule has 1 aliphatic heterocycles. The van der Waals surface area contributed by atoms with Crippen LogP contribution >= 0.6 is 0 Å². The van der Waals surface area contributed by atoms with Gasteiger partial charge in [-0.1, -0.05) is 0 Å². The maximum Gasteiger partial charge on any atom is 0.211 e. The predicted octanol–water partition coefficient (Wildman–Crippen LogP) is 0.691. The van der Waals surface area contributed by atoms with Gasteiger partial charge in [-0.05, 0) is 24.8 Å². The average molecular weight is 307 g/mol. The Labute approximate surface area is 123 Å². The van der Waals surface area contributed by atoms with E-state index < -0.39 is 10.0 Å². The second-order valence-electron chi connectivity index (χ2n) is 5.34. The van der Waals surface area contributed by atoms with E-state index in [0.717, 1.165) is 29.9 Å². The molecular weight excluding hydrogens is 290 g/mol. The molecule has 7 nitrogen and oxygen atoms in total. The smallest absolute Gasteiger partial charge is 0.211 e. The molecule has 1 atom stereocenters. The molecule has 0 radical (unpaired) electrons. The van der Waals surface area contributed by atoms with Crippen LogP contribution in [0.4, 0.5) is 0 Å². The Kier molecular flexibility index (Phi) is 3.73. The van der Waals surface area contributed by atoms with Crippen LogP contribution in [-0.4, -0.2) is 52.2 Å². The van der Waals surface area contributed by atoms with Gasteiger partial charge in [-0.15, -0.1) is 0 Å². The number of aromatic nitrogens is 4. The molecule has 2 aromatic rings. The van der Waals surface area contributed by atoms with Gasteiger partial charge in [0.25, 0.3) is 0 Å². The minimum atomic E-state index is -3.08. The first-order valence-electron chi connectivity index (χ1n) is 6.78. The number of nitrogens with one attached hydrogen (secondary N) is 1. The molecule has 1 aliphatic rings. The lowest BCUT2D eigenvalue weighted by Gasteiger charge is -2.13. The summed E-state index contributed by atoms with van der Waals surface area (Å²) in [4.78, 5) is 8.77. The summed E-state index contributed by atoms with van der Waals surface area (Å²) in [5, 5.41) is 6.72. The summed E-state index contributed by atoms with van der Waals surface area (Å²) >= 11 is 0. The highest BCUT2D eigenvalue weighted by Crippen LogP contribution is 2.22. The minimum absolute atomic E-state index is 0.312. The Morgan fingerprint density at radius 2 is 2.24 bits per heavy atom. The minimum Gasteiger partial charge on any atom is -0.276 e. The van der Waals surface area contributed by atoms with Gasteiger partial charge in [0.1, 0.15) is 5.69 Å². The van der Waals surface area contributed by atoms with Crippen LogP contribution in [0.15, 0.2) is 24.7 Å². The van der Waals surface area contributed by atoms with Crippen LogP contribution in [0.25, 0.3) is 11.4 Å². The van der Waals surface area contributed by atoms with Gasteiger partial charge in [0.15, 0.2) is 0 Å². The molecule has 0 aliphatic carbocycles. The molecule has 0 spiro atoms. The molecule has 2 aromatic heterocycles. The second kappa shape index (κ2) is 5.53. The molecule has 0 bridgehead atoms. The Bertz CT molecular complexity index is 697. The van der Waals surface area contributed by atoms with Crippen LogP contribution in [0.1, 0.15) is 12.1 Å². The third kappa shape index (κ3) is 3.27. The predicted molar refractivity (Wildman–Crippen MR) is 77.8 cm³/mol. The summed E-state index contributed by atoms with van der Waals surface area (Å²) in [7, 11) is -3.08. The van der Waals surface area contributed by atoms with Crippen molar-refractivity contribution in [1.82, 2.24) is 24.5 Å². The van der Waals surface area contributed by atoms with Crippen molar-refractivity contribution in [3.8, 4) is 11.4 Å². The highest BCUT2D eigenvalue weighted by atomic mass is 32.2. The first-order chi connectivity index (χ1) is 10.0. The second-order valence-corrected chi connectivity index (χ2v) is 7.33. The molecule has 0 saturated carbocycles. The van der Waals surface area contributed by atoms with Gasteiger partial charge in [0.05, 0.1) is 23.8 Å². The maximum atomic E-state index is 11.5. The van der Waals surface area contributed by atoms with Gasteiger partial charge in [-0.2, -0.15) is 5.10 Å². The molecule has 1 unspecified atom stereocenters. The zero-order chi connectivity index (χ0) is 14.9. The Balaban J connectivity index is 1.64. The highest BCUT2D eigenvalue weighted by Gasteiger charge is 2.28. The molecule has 0 aromatic carbocycles. The summed E-state index contributed by atoms with van der Waals surface area (Å²) in [6, 6.07) is 1.84. The number of hydrogen-bond donors (Lipinski definition) is 1. The Morgan fingerprint density at radius 1 is 1.38 bits per heavy atom. The first kappa shape index (κ1) is 14.2. The van der Waals surface area contributed by atoms with E-state index in [4.69, 9.17) is 0 Å². The molecule has 8 heteroatoms. The fraction of sp³-hybridized carbons (Fsp3) is 0.462. The quantitative estimate of drug-likeness (QED) is 0.897.